The average Bonchev–Trinajstić information content (AvgIpc) is 2.75. The van der Waals surface area contributed by atoms with E-state index in [1.807, 2.05) is 24.3 Å². The zero-order chi connectivity index (χ0) is 15.0. The summed E-state index contributed by atoms with van der Waals surface area (Å²) in [7, 11) is 0. The van der Waals surface area contributed by atoms with Gasteiger partial charge in [0.25, 0.3) is 0 Å². The zero-order valence-corrected chi connectivity index (χ0v) is 13.8. The van der Waals surface area contributed by atoms with Crippen molar-refractivity contribution in [2.75, 3.05) is 0 Å². The van der Waals surface area contributed by atoms with Crippen LogP contribution in [0.3, 0.4) is 0 Å². The Labute approximate surface area is 137 Å². The van der Waals surface area contributed by atoms with Crippen LogP contribution in [-0.4, -0.2) is 11.9 Å². The van der Waals surface area contributed by atoms with Crippen LogP contribution >= 0.6 is 31.9 Å². The first-order chi connectivity index (χ1) is 10.1. The van der Waals surface area contributed by atoms with Crippen molar-refractivity contribution in [2.24, 2.45) is 0 Å². The molecular formula is C16H8Br2O3. The van der Waals surface area contributed by atoms with E-state index in [4.69, 9.17) is 4.74 Å². The molecule has 0 radical (unpaired) electrons. The highest BCUT2D eigenvalue weighted by atomic mass is 79.9. The third kappa shape index (κ3) is 2.71. The SMILES string of the molecule is O=C1OC(=O)C(c2ccc(Br)cc2)=C1c1ccc(Br)cc1. The summed E-state index contributed by atoms with van der Waals surface area (Å²) in [6.45, 7) is 0. The molecule has 0 bridgehead atoms. The molecule has 0 aromatic heterocycles. The van der Waals surface area contributed by atoms with Gasteiger partial charge < -0.3 is 4.74 Å². The van der Waals surface area contributed by atoms with Gasteiger partial charge in [0.1, 0.15) is 0 Å². The molecule has 0 aliphatic carbocycles. The number of ether oxygens (including phenoxy) is 1. The van der Waals surface area contributed by atoms with E-state index in [1.165, 1.54) is 0 Å². The molecule has 0 atom stereocenters. The molecule has 1 aliphatic heterocycles. The molecule has 2 aromatic carbocycles. The molecule has 0 fully saturated rings. The van der Waals surface area contributed by atoms with Crippen molar-refractivity contribution in [3.8, 4) is 0 Å². The summed E-state index contributed by atoms with van der Waals surface area (Å²) in [4.78, 5) is 24.0. The highest BCUT2D eigenvalue weighted by Gasteiger charge is 2.34. The Morgan fingerprint density at radius 3 is 1.29 bits per heavy atom. The quantitative estimate of drug-likeness (QED) is 0.553. The molecule has 0 N–H and O–H groups in total. The van der Waals surface area contributed by atoms with Gasteiger partial charge in [0, 0.05) is 8.95 Å². The molecule has 1 aliphatic rings. The van der Waals surface area contributed by atoms with E-state index in [1.54, 1.807) is 24.3 Å². The number of halogens is 2. The normalized spacial score (nSPS) is 14.6. The number of benzene rings is 2. The standard InChI is InChI=1S/C16H8Br2O3/c17-11-5-1-9(2-6-11)13-14(16(20)21-15(13)19)10-3-7-12(18)8-4-10/h1-8H. The van der Waals surface area contributed by atoms with Crippen LogP contribution in [0.25, 0.3) is 11.1 Å². The van der Waals surface area contributed by atoms with Gasteiger partial charge in [0.15, 0.2) is 0 Å². The summed E-state index contributed by atoms with van der Waals surface area (Å²) in [5.74, 6) is -1.22. The largest absolute Gasteiger partial charge is 0.386 e. The Morgan fingerprint density at radius 1 is 0.619 bits per heavy atom. The third-order valence-corrected chi connectivity index (χ3v) is 4.17. The van der Waals surface area contributed by atoms with Crippen LogP contribution in [0.5, 0.6) is 0 Å². The fraction of sp³-hybridized carbons (Fsp3) is 0. The Kier molecular flexibility index (Phi) is 3.78. The average molecular weight is 408 g/mol. The van der Waals surface area contributed by atoms with E-state index in [-0.39, 0.29) is 0 Å². The van der Waals surface area contributed by atoms with Crippen LogP contribution in [0.1, 0.15) is 11.1 Å². The van der Waals surface area contributed by atoms with E-state index in [2.05, 4.69) is 31.9 Å². The van der Waals surface area contributed by atoms with Crippen LogP contribution in [0.15, 0.2) is 57.5 Å². The van der Waals surface area contributed by atoms with Gasteiger partial charge in [0.2, 0.25) is 0 Å². The summed E-state index contributed by atoms with van der Waals surface area (Å²) >= 11 is 6.69. The lowest BCUT2D eigenvalue weighted by atomic mass is 9.96. The van der Waals surface area contributed by atoms with Crippen molar-refractivity contribution in [3.63, 3.8) is 0 Å². The molecule has 0 unspecified atom stereocenters. The Bertz CT molecular complexity index is 694. The minimum atomic E-state index is -0.611. The van der Waals surface area contributed by atoms with Gasteiger partial charge in [-0.05, 0) is 35.4 Å². The minimum absolute atomic E-state index is 0.301. The molecule has 5 heteroatoms. The summed E-state index contributed by atoms with van der Waals surface area (Å²) in [6, 6.07) is 14.4. The number of cyclic esters (lactones) is 2. The maximum absolute atomic E-state index is 12.0. The molecule has 21 heavy (non-hydrogen) atoms. The topological polar surface area (TPSA) is 43.4 Å². The van der Waals surface area contributed by atoms with Gasteiger partial charge in [-0.1, -0.05) is 56.1 Å². The van der Waals surface area contributed by atoms with E-state index >= 15 is 0 Å². The third-order valence-electron chi connectivity index (χ3n) is 3.11. The van der Waals surface area contributed by atoms with Crippen molar-refractivity contribution < 1.29 is 14.3 Å². The molecule has 3 nitrogen and oxygen atoms in total. The van der Waals surface area contributed by atoms with Crippen molar-refractivity contribution in [1.82, 2.24) is 0 Å². The van der Waals surface area contributed by atoms with Crippen LogP contribution in [0, 0.1) is 0 Å². The Morgan fingerprint density at radius 2 is 0.952 bits per heavy atom. The summed E-state index contributed by atoms with van der Waals surface area (Å²) in [5, 5.41) is 0. The number of rotatable bonds is 2. The van der Waals surface area contributed by atoms with E-state index < -0.39 is 11.9 Å². The van der Waals surface area contributed by atoms with Gasteiger partial charge in [-0.25, -0.2) is 9.59 Å². The maximum Gasteiger partial charge on any atom is 0.347 e. The first-order valence-corrected chi connectivity index (χ1v) is 7.67. The fourth-order valence-corrected chi connectivity index (χ4v) is 2.68. The van der Waals surface area contributed by atoms with Crippen LogP contribution in [0.2, 0.25) is 0 Å². The molecule has 2 aromatic rings. The predicted octanol–water partition coefficient (Wildman–Crippen LogP) is 4.21. The summed E-state index contributed by atoms with van der Waals surface area (Å²) in [6.07, 6.45) is 0. The first-order valence-electron chi connectivity index (χ1n) is 6.09. The number of carbonyl (C=O) groups is 2. The lowest BCUT2D eigenvalue weighted by molar-refractivity contribution is -0.149. The van der Waals surface area contributed by atoms with E-state index in [9.17, 15) is 9.59 Å². The Hall–Kier alpha value is -1.72. The molecular weight excluding hydrogens is 400 g/mol. The second kappa shape index (κ2) is 5.58. The van der Waals surface area contributed by atoms with Crippen LogP contribution in [-0.2, 0) is 14.3 Å². The second-order valence-electron chi connectivity index (χ2n) is 4.44. The lowest BCUT2D eigenvalue weighted by Crippen LogP contribution is -2.01. The lowest BCUT2D eigenvalue weighted by Gasteiger charge is -2.03. The van der Waals surface area contributed by atoms with Crippen molar-refractivity contribution in [3.05, 3.63) is 68.6 Å². The molecule has 104 valence electrons. The van der Waals surface area contributed by atoms with Gasteiger partial charge in [-0.15, -0.1) is 0 Å². The highest BCUT2D eigenvalue weighted by molar-refractivity contribution is 9.10. The van der Waals surface area contributed by atoms with Crippen LogP contribution in [0.4, 0.5) is 0 Å². The zero-order valence-electron chi connectivity index (χ0n) is 10.6. The van der Waals surface area contributed by atoms with E-state index in [0.29, 0.717) is 22.3 Å². The van der Waals surface area contributed by atoms with Gasteiger partial charge >= 0.3 is 11.9 Å². The number of hydrogen-bond acceptors (Lipinski definition) is 3. The summed E-state index contributed by atoms with van der Waals surface area (Å²) in [5.41, 5.74) is 1.92. The number of carbonyl (C=O) groups excluding carboxylic acids is 2. The predicted molar refractivity (Wildman–Crippen MR) is 86.2 cm³/mol. The number of hydrogen-bond donors (Lipinski definition) is 0. The monoisotopic (exact) mass is 406 g/mol. The first kappa shape index (κ1) is 14.2. The highest BCUT2D eigenvalue weighted by Crippen LogP contribution is 2.34. The second-order valence-corrected chi connectivity index (χ2v) is 6.27. The van der Waals surface area contributed by atoms with Crippen molar-refractivity contribution in [2.45, 2.75) is 0 Å². The number of esters is 2. The smallest absolute Gasteiger partial charge is 0.347 e. The van der Waals surface area contributed by atoms with Crippen molar-refractivity contribution in [1.29, 1.82) is 0 Å². The fourth-order valence-electron chi connectivity index (χ4n) is 2.15. The van der Waals surface area contributed by atoms with Crippen LogP contribution < -0.4 is 0 Å². The van der Waals surface area contributed by atoms with Crippen molar-refractivity contribution >= 4 is 54.9 Å². The maximum atomic E-state index is 12.0. The summed E-state index contributed by atoms with van der Waals surface area (Å²) < 4.78 is 6.58. The molecule has 3 rings (SSSR count). The molecule has 1 heterocycles. The van der Waals surface area contributed by atoms with Gasteiger partial charge in [-0.3, -0.25) is 0 Å². The molecule has 0 saturated carbocycles. The van der Waals surface area contributed by atoms with E-state index in [0.717, 1.165) is 8.95 Å². The molecule has 0 amide bonds. The van der Waals surface area contributed by atoms with Gasteiger partial charge in [-0.2, -0.15) is 0 Å². The van der Waals surface area contributed by atoms with Gasteiger partial charge in [0.05, 0.1) is 11.1 Å². The minimum Gasteiger partial charge on any atom is -0.386 e. The molecule has 0 spiro atoms. The Balaban J connectivity index is 2.19. The molecule has 0 saturated heterocycles.